The van der Waals surface area contributed by atoms with E-state index in [-0.39, 0.29) is 17.3 Å². The molecule has 2 aromatic rings. The maximum absolute atomic E-state index is 12.1. The lowest BCUT2D eigenvalue weighted by atomic mass is 10.2. The number of benzene rings is 2. The van der Waals surface area contributed by atoms with Crippen LogP contribution < -0.4 is 5.06 Å². The highest BCUT2D eigenvalue weighted by atomic mass is 35.5. The van der Waals surface area contributed by atoms with Gasteiger partial charge in [0.2, 0.25) is 0 Å². The normalized spacial score (nSPS) is 18.8. The van der Waals surface area contributed by atoms with Crippen molar-refractivity contribution >= 4 is 52.3 Å². The van der Waals surface area contributed by atoms with E-state index in [9.17, 15) is 14.8 Å². The molecule has 1 aliphatic rings. The van der Waals surface area contributed by atoms with E-state index in [1.165, 1.54) is 16.4 Å². The number of urea groups is 1. The molecule has 3 rings (SSSR count). The van der Waals surface area contributed by atoms with Crippen molar-refractivity contribution in [2.75, 3.05) is 0 Å². The lowest BCUT2D eigenvalue weighted by Crippen LogP contribution is -3.10. The predicted octanol–water partition coefficient (Wildman–Crippen LogP) is 3.16. The molecule has 0 saturated carbocycles. The molecule has 1 fully saturated rings. The highest BCUT2D eigenvalue weighted by Gasteiger charge is 2.38. The minimum absolute atomic E-state index is 0.140. The Morgan fingerprint density at radius 3 is 2.24 bits per heavy atom. The number of hydrogen-bond acceptors (Lipinski definition) is 4. The van der Waals surface area contributed by atoms with Gasteiger partial charge >= 0.3 is 6.03 Å². The predicted molar refractivity (Wildman–Crippen MR) is 97.5 cm³/mol. The van der Waals surface area contributed by atoms with Crippen molar-refractivity contribution < 1.29 is 14.7 Å². The molecule has 0 aromatic heterocycles. The molecule has 128 valence electrons. The van der Waals surface area contributed by atoms with E-state index >= 15 is 0 Å². The fourth-order valence-corrected chi connectivity index (χ4v) is 3.21. The summed E-state index contributed by atoms with van der Waals surface area (Å²) in [4.78, 5) is 28.0. The van der Waals surface area contributed by atoms with Gasteiger partial charge in [-0.3, -0.25) is 4.79 Å². The molecule has 0 radical (unpaired) electrons. The number of carbonyl (C=O) groups excluding carboxylic acids is 2. The summed E-state index contributed by atoms with van der Waals surface area (Å²) in [5, 5.41) is 12.2. The molecular formula is C16H11Cl2N3O3S. The van der Waals surface area contributed by atoms with E-state index in [0.717, 1.165) is 17.5 Å². The lowest BCUT2D eigenvalue weighted by molar-refractivity contribution is -0.645. The molecule has 3 amide bonds. The van der Waals surface area contributed by atoms with Crippen LogP contribution in [0.15, 0.2) is 53.5 Å². The summed E-state index contributed by atoms with van der Waals surface area (Å²) in [6, 6.07) is 12.3. The summed E-state index contributed by atoms with van der Waals surface area (Å²) in [5.41, 5.74) is 1.09. The molecule has 1 atom stereocenters. The van der Waals surface area contributed by atoms with Crippen LogP contribution in [-0.2, 0) is 6.54 Å². The molecule has 1 aliphatic heterocycles. The van der Waals surface area contributed by atoms with Gasteiger partial charge in [0.1, 0.15) is 0 Å². The molecule has 1 saturated heterocycles. The number of rotatable bonds is 3. The molecule has 1 N–H and O–H groups in total. The Balaban J connectivity index is 1.74. The van der Waals surface area contributed by atoms with Gasteiger partial charge in [-0.25, -0.2) is 14.2 Å². The van der Waals surface area contributed by atoms with Crippen molar-refractivity contribution in [3.8, 4) is 0 Å². The minimum atomic E-state index is -0.790. The largest absolute Gasteiger partial charge is 0.618 e. The molecule has 6 nitrogen and oxygen atoms in total. The second-order valence-electron chi connectivity index (χ2n) is 5.12. The van der Waals surface area contributed by atoms with Gasteiger partial charge in [0.15, 0.2) is 0 Å². The number of aliphatic imine (C=N–C) groups is 1. The van der Waals surface area contributed by atoms with Gasteiger partial charge in [0, 0.05) is 15.6 Å². The maximum Gasteiger partial charge on any atom is 0.435 e. The van der Waals surface area contributed by atoms with Crippen molar-refractivity contribution in [3.05, 3.63) is 74.9 Å². The molecular weight excluding hydrogens is 385 g/mol. The Kier molecular flexibility index (Phi) is 5.41. The molecule has 0 spiro atoms. The third-order valence-electron chi connectivity index (χ3n) is 3.35. The van der Waals surface area contributed by atoms with E-state index in [4.69, 9.17) is 23.2 Å². The van der Waals surface area contributed by atoms with Crippen LogP contribution in [0, 0.1) is 5.21 Å². The smallest absolute Gasteiger partial charge is 0.435 e. The number of nitrogens with zero attached hydrogens (tertiary/aromatic N) is 2. The first-order chi connectivity index (χ1) is 11.9. The number of nitrogens with one attached hydrogen (secondary N) is 1. The van der Waals surface area contributed by atoms with Crippen LogP contribution in [0.2, 0.25) is 10.0 Å². The number of carbonyl (C=O) groups is 2. The Morgan fingerprint density at radius 1 is 1.08 bits per heavy atom. The summed E-state index contributed by atoms with van der Waals surface area (Å²) in [6.45, 7) is 0.209. The van der Waals surface area contributed by atoms with Gasteiger partial charge in [-0.05, 0) is 42.0 Å². The van der Waals surface area contributed by atoms with Gasteiger partial charge in [-0.15, -0.1) is 4.99 Å². The number of hydroxylamine groups is 2. The monoisotopic (exact) mass is 395 g/mol. The van der Waals surface area contributed by atoms with Crippen LogP contribution in [0.3, 0.4) is 0 Å². The molecule has 25 heavy (non-hydrogen) atoms. The minimum Gasteiger partial charge on any atom is -0.618 e. The molecule has 0 aliphatic carbocycles. The lowest BCUT2D eigenvalue weighted by Gasteiger charge is -2.12. The van der Waals surface area contributed by atoms with Gasteiger partial charge in [-0.2, -0.15) is 0 Å². The summed E-state index contributed by atoms with van der Waals surface area (Å²) in [6.07, 6.45) is 0. The van der Waals surface area contributed by atoms with E-state index in [0.29, 0.717) is 10.0 Å². The first kappa shape index (κ1) is 17.9. The summed E-state index contributed by atoms with van der Waals surface area (Å²) in [5.74, 6) is -0.603. The second-order valence-corrected chi connectivity index (χ2v) is 7.00. The fraction of sp³-hybridized carbons (Fsp3) is 0.0625. The Bertz CT molecular complexity index is 841. The van der Waals surface area contributed by atoms with E-state index in [1.807, 2.05) is 0 Å². The number of quaternary nitrogens is 1. The van der Waals surface area contributed by atoms with Crippen LogP contribution in [0.1, 0.15) is 15.9 Å². The van der Waals surface area contributed by atoms with Crippen molar-refractivity contribution in [2.45, 2.75) is 6.54 Å². The van der Waals surface area contributed by atoms with Crippen LogP contribution >= 0.6 is 35.1 Å². The zero-order valence-electron chi connectivity index (χ0n) is 12.6. The van der Waals surface area contributed by atoms with Crippen LogP contribution in [0.5, 0.6) is 0 Å². The van der Waals surface area contributed by atoms with Gasteiger partial charge in [0.25, 0.3) is 11.1 Å². The second kappa shape index (κ2) is 7.55. The topological polar surface area (TPSA) is 77.2 Å². The maximum atomic E-state index is 12.1. The third kappa shape index (κ3) is 4.20. The zero-order valence-corrected chi connectivity index (χ0v) is 14.9. The molecule has 0 bridgehead atoms. The van der Waals surface area contributed by atoms with E-state index in [2.05, 4.69) is 4.99 Å². The summed E-state index contributed by atoms with van der Waals surface area (Å²) in [7, 11) is 0. The Morgan fingerprint density at radius 2 is 1.64 bits per heavy atom. The number of halogens is 2. The fourth-order valence-electron chi connectivity index (χ4n) is 2.07. The van der Waals surface area contributed by atoms with E-state index < -0.39 is 17.0 Å². The SMILES string of the molecule is O=C(/N=C1/SN(Cc2ccc(Cl)cc2)C(=O)[NH+]1[O-])c1ccc(Cl)cc1. The van der Waals surface area contributed by atoms with Crippen LogP contribution in [0.25, 0.3) is 0 Å². The number of amidine groups is 1. The number of amides is 3. The standard InChI is InChI=1S/C16H11Cl2N3O3S/c17-12-5-1-10(2-6-12)9-20-16(23)21(24)15(25-20)19-14(22)11-3-7-13(18)8-4-11/h1-8,21H,9H2/b19-15+. The Hall–Kier alpha value is -1.90. The average molecular weight is 396 g/mol. The quantitative estimate of drug-likeness (QED) is 0.639. The highest BCUT2D eigenvalue weighted by Crippen LogP contribution is 2.20. The van der Waals surface area contributed by atoms with E-state index in [1.54, 1.807) is 36.4 Å². The van der Waals surface area contributed by atoms with Crippen molar-refractivity contribution in [2.24, 2.45) is 4.99 Å². The third-order valence-corrected chi connectivity index (χ3v) is 4.81. The molecule has 1 heterocycles. The van der Waals surface area contributed by atoms with Gasteiger partial charge in [-0.1, -0.05) is 35.3 Å². The first-order valence-electron chi connectivity index (χ1n) is 7.11. The molecule has 1 unspecified atom stereocenters. The zero-order chi connectivity index (χ0) is 18.0. The van der Waals surface area contributed by atoms with Gasteiger partial charge < -0.3 is 5.21 Å². The van der Waals surface area contributed by atoms with Crippen molar-refractivity contribution in [1.82, 2.24) is 4.31 Å². The summed E-state index contributed by atoms with van der Waals surface area (Å²) >= 11 is 12.5. The Labute approximate surface area is 157 Å². The highest BCUT2D eigenvalue weighted by molar-refractivity contribution is 8.12. The van der Waals surface area contributed by atoms with Crippen LogP contribution in [-0.4, -0.2) is 21.4 Å². The van der Waals surface area contributed by atoms with Gasteiger partial charge in [0.05, 0.1) is 18.5 Å². The molecule has 9 heteroatoms. The molecule has 2 aromatic carbocycles. The first-order valence-corrected chi connectivity index (χ1v) is 8.64. The number of hydrogen-bond donors (Lipinski definition) is 1. The summed E-state index contributed by atoms with van der Waals surface area (Å²) < 4.78 is 1.26. The van der Waals surface area contributed by atoms with Crippen molar-refractivity contribution in [1.29, 1.82) is 0 Å². The van der Waals surface area contributed by atoms with Crippen LogP contribution in [0.4, 0.5) is 4.79 Å². The van der Waals surface area contributed by atoms with Crippen molar-refractivity contribution in [3.63, 3.8) is 0 Å². The average Bonchev–Trinajstić information content (AvgIpc) is 2.85.